The molecule has 6 saturated heterocycles. The van der Waals surface area contributed by atoms with Gasteiger partial charge in [-0.25, -0.2) is 22.4 Å². The average molecular weight is 743 g/mol. The number of benzene rings is 2. The van der Waals surface area contributed by atoms with Crippen molar-refractivity contribution in [1.29, 1.82) is 0 Å². The Morgan fingerprint density at radius 3 is 1.72 bits per heavy atom. The molecular formula is C39H50F4N6O4. The Labute approximate surface area is 308 Å². The van der Waals surface area contributed by atoms with Crippen LogP contribution in [0.25, 0.3) is 0 Å². The maximum atomic E-state index is 14.0. The van der Waals surface area contributed by atoms with Gasteiger partial charge < -0.3 is 19.9 Å². The van der Waals surface area contributed by atoms with Gasteiger partial charge in [-0.15, -0.1) is 0 Å². The number of carbonyl (C=O) groups excluding carboxylic acids is 3. The summed E-state index contributed by atoms with van der Waals surface area (Å²) in [4.78, 5) is 48.1. The van der Waals surface area contributed by atoms with Crippen LogP contribution in [0.15, 0.2) is 36.4 Å². The fourth-order valence-corrected chi connectivity index (χ4v) is 9.01. The second-order valence-corrected chi connectivity index (χ2v) is 16.4. The van der Waals surface area contributed by atoms with Crippen molar-refractivity contribution >= 4 is 17.9 Å². The second kappa shape index (κ2) is 15.2. The fourth-order valence-electron chi connectivity index (χ4n) is 9.01. The number of amides is 3. The van der Waals surface area contributed by atoms with Crippen LogP contribution in [0.3, 0.4) is 0 Å². The number of fused-ring (bicyclic) bond motifs is 4. The van der Waals surface area contributed by atoms with E-state index in [0.29, 0.717) is 50.3 Å². The number of piperazine rings is 2. The van der Waals surface area contributed by atoms with E-state index in [1.807, 2.05) is 30.6 Å². The first kappa shape index (κ1) is 37.6. The lowest BCUT2D eigenvalue weighted by molar-refractivity contribution is -0.138. The summed E-state index contributed by atoms with van der Waals surface area (Å²) in [7, 11) is 0. The highest BCUT2D eigenvalue weighted by molar-refractivity contribution is 5.87. The van der Waals surface area contributed by atoms with Gasteiger partial charge in [0.2, 0.25) is 11.8 Å². The molecule has 6 atom stereocenters. The largest absolute Gasteiger partial charge is 0.444 e. The smallest absolute Gasteiger partial charge is 0.410 e. The number of rotatable bonds is 6. The summed E-state index contributed by atoms with van der Waals surface area (Å²) in [6.45, 7) is 10.5. The molecule has 0 saturated carbocycles. The Balaban J connectivity index is 0.000000170. The zero-order valence-electron chi connectivity index (χ0n) is 30.7. The van der Waals surface area contributed by atoms with Gasteiger partial charge in [0.05, 0.1) is 6.04 Å². The minimum absolute atomic E-state index is 0.0153. The van der Waals surface area contributed by atoms with Crippen molar-refractivity contribution in [2.24, 2.45) is 0 Å². The van der Waals surface area contributed by atoms with Gasteiger partial charge in [-0.3, -0.25) is 24.3 Å². The van der Waals surface area contributed by atoms with Crippen molar-refractivity contribution in [3.05, 3.63) is 70.8 Å². The zero-order valence-corrected chi connectivity index (χ0v) is 30.7. The number of hydrogen-bond donors (Lipinski definition) is 1. The molecule has 0 unspecified atom stereocenters. The topological polar surface area (TPSA) is 88.7 Å². The van der Waals surface area contributed by atoms with E-state index in [1.54, 1.807) is 4.90 Å². The number of hydrogen-bond acceptors (Lipinski definition) is 7. The number of likely N-dealkylation sites (tertiary alicyclic amines) is 5. The average Bonchev–Trinajstić information content (AvgIpc) is 3.96. The van der Waals surface area contributed by atoms with E-state index in [4.69, 9.17) is 4.74 Å². The van der Waals surface area contributed by atoms with Gasteiger partial charge in [0.25, 0.3) is 0 Å². The van der Waals surface area contributed by atoms with E-state index in [9.17, 15) is 31.9 Å². The summed E-state index contributed by atoms with van der Waals surface area (Å²) in [5, 5.41) is 3.27. The summed E-state index contributed by atoms with van der Waals surface area (Å²) in [6, 6.07) is 7.66. The first-order valence-electron chi connectivity index (χ1n) is 18.9. The Morgan fingerprint density at radius 1 is 0.717 bits per heavy atom. The van der Waals surface area contributed by atoms with Gasteiger partial charge >= 0.3 is 6.09 Å². The number of halogens is 4. The highest BCUT2D eigenvalue weighted by Gasteiger charge is 2.49. The summed E-state index contributed by atoms with van der Waals surface area (Å²) in [5.74, 6) is -1.95. The molecule has 14 heteroatoms. The van der Waals surface area contributed by atoms with Crippen LogP contribution in [0.2, 0.25) is 0 Å². The lowest BCUT2D eigenvalue weighted by Crippen LogP contribution is -2.54. The standard InChI is InChI=1S/C22H29F2N3O3.C17H21F2N3O/c1-22(2,3)30-21(29)26-8-4-5-19(26)20(28)27-13-16-10-17(27)12-25(16)11-14-6-7-15(23)9-18(14)24;18-12-4-3-11(15(19)6-12)8-21-9-14-7-13(21)10-22(14)17(23)16-2-1-5-20-16/h6-7,9,16-17,19H,4-5,8,10-13H2,1-3H3;3-4,6,13-14,16,20H,1-2,5,7-10H2/t16-,17-,19-;13-,14-,16-/m00/s1. The van der Waals surface area contributed by atoms with Crippen molar-refractivity contribution in [3.63, 3.8) is 0 Å². The van der Waals surface area contributed by atoms with Crippen LogP contribution in [0.5, 0.6) is 0 Å². The molecule has 10 nitrogen and oxygen atoms in total. The molecule has 4 bridgehead atoms. The van der Waals surface area contributed by atoms with Gasteiger partial charge in [0, 0.05) is 93.2 Å². The van der Waals surface area contributed by atoms with E-state index in [2.05, 4.69) is 15.1 Å². The molecular weight excluding hydrogens is 692 g/mol. The molecule has 8 rings (SSSR count). The maximum absolute atomic E-state index is 14.0. The van der Waals surface area contributed by atoms with E-state index < -0.39 is 41.0 Å². The highest BCUT2D eigenvalue weighted by atomic mass is 19.1. The molecule has 0 spiro atoms. The normalized spacial score (nSPS) is 28.2. The molecule has 3 amide bonds. The molecule has 6 aliphatic heterocycles. The maximum Gasteiger partial charge on any atom is 0.410 e. The van der Waals surface area contributed by atoms with Crippen molar-refractivity contribution in [2.45, 2.75) is 114 Å². The first-order chi connectivity index (χ1) is 25.2. The van der Waals surface area contributed by atoms with E-state index in [1.165, 1.54) is 24.3 Å². The van der Waals surface area contributed by atoms with Crippen molar-refractivity contribution < 1.29 is 36.7 Å². The summed E-state index contributed by atoms with van der Waals surface area (Å²) in [5.41, 5.74) is 0.388. The Kier molecular flexibility index (Phi) is 10.8. The number of carbonyl (C=O) groups is 3. The second-order valence-electron chi connectivity index (χ2n) is 16.4. The minimum Gasteiger partial charge on any atom is -0.444 e. The van der Waals surface area contributed by atoms with E-state index in [0.717, 1.165) is 63.9 Å². The van der Waals surface area contributed by atoms with Crippen LogP contribution in [0.1, 0.15) is 70.4 Å². The van der Waals surface area contributed by atoms with E-state index in [-0.39, 0.29) is 42.0 Å². The predicted octanol–water partition coefficient (Wildman–Crippen LogP) is 4.65. The van der Waals surface area contributed by atoms with Gasteiger partial charge in [0.1, 0.15) is 34.9 Å². The van der Waals surface area contributed by atoms with Crippen LogP contribution < -0.4 is 5.32 Å². The lowest BCUT2D eigenvalue weighted by atomic mass is 10.1. The molecule has 1 N–H and O–H groups in total. The third kappa shape index (κ3) is 8.19. The predicted molar refractivity (Wildman–Crippen MR) is 188 cm³/mol. The monoisotopic (exact) mass is 742 g/mol. The van der Waals surface area contributed by atoms with Crippen molar-refractivity contribution in [1.82, 2.24) is 29.8 Å². The third-order valence-corrected chi connectivity index (χ3v) is 11.6. The molecule has 6 aliphatic rings. The summed E-state index contributed by atoms with van der Waals surface area (Å²) >= 11 is 0. The van der Waals surface area contributed by atoms with Crippen LogP contribution in [0, 0.1) is 23.3 Å². The molecule has 288 valence electrons. The minimum atomic E-state index is -0.601. The van der Waals surface area contributed by atoms with Crippen LogP contribution >= 0.6 is 0 Å². The SMILES string of the molecule is CC(C)(C)OC(=O)N1CCC[C@H]1C(=O)N1C[C@@H]2C[C@H]1CN2Cc1ccc(F)cc1F.O=C([C@@H]1CCCN1)N1C[C@@H]2C[C@H]1CN2Cc1ccc(F)cc1F. The number of nitrogens with zero attached hydrogens (tertiary/aromatic N) is 5. The zero-order chi connectivity index (χ0) is 37.6. The number of nitrogens with one attached hydrogen (secondary N) is 1. The van der Waals surface area contributed by atoms with Gasteiger partial charge in [0.15, 0.2) is 0 Å². The molecule has 0 radical (unpaired) electrons. The summed E-state index contributed by atoms with van der Waals surface area (Å²) < 4.78 is 59.4. The molecule has 0 aromatic heterocycles. The molecule has 0 aliphatic carbocycles. The number of ether oxygens (including phenoxy) is 1. The Morgan fingerprint density at radius 2 is 1.26 bits per heavy atom. The van der Waals surface area contributed by atoms with E-state index >= 15 is 0 Å². The van der Waals surface area contributed by atoms with Gasteiger partial charge in [-0.1, -0.05) is 12.1 Å². The molecule has 6 fully saturated rings. The Bertz CT molecular complexity index is 1700. The highest BCUT2D eigenvalue weighted by Crippen LogP contribution is 2.35. The fraction of sp³-hybridized carbons (Fsp3) is 0.615. The third-order valence-electron chi connectivity index (χ3n) is 11.6. The molecule has 2 aromatic rings. The molecule has 53 heavy (non-hydrogen) atoms. The van der Waals surface area contributed by atoms with Gasteiger partial charge in [-0.2, -0.15) is 0 Å². The van der Waals surface area contributed by atoms with Crippen molar-refractivity contribution in [3.8, 4) is 0 Å². The van der Waals surface area contributed by atoms with Crippen LogP contribution in [-0.4, -0.2) is 124 Å². The van der Waals surface area contributed by atoms with Crippen LogP contribution in [0.4, 0.5) is 22.4 Å². The summed E-state index contributed by atoms with van der Waals surface area (Å²) in [6.07, 6.45) is 4.79. The van der Waals surface area contributed by atoms with Gasteiger partial charge in [-0.05, 0) is 78.0 Å². The quantitative estimate of drug-likeness (QED) is 0.432. The van der Waals surface area contributed by atoms with Crippen LogP contribution in [-0.2, 0) is 27.4 Å². The van der Waals surface area contributed by atoms with Crippen molar-refractivity contribution in [2.75, 3.05) is 39.3 Å². The Hall–Kier alpha value is -3.75. The molecule has 2 aromatic carbocycles. The molecule has 6 heterocycles. The first-order valence-corrected chi connectivity index (χ1v) is 18.9. The lowest BCUT2D eigenvalue weighted by Gasteiger charge is -2.37.